The van der Waals surface area contributed by atoms with Crippen LogP contribution in [-0.2, 0) is 19.1 Å². The van der Waals surface area contributed by atoms with E-state index in [2.05, 4.69) is 4.74 Å². The highest BCUT2D eigenvalue weighted by Crippen LogP contribution is 2.25. The fraction of sp³-hybridized carbons (Fsp3) is 0.267. The van der Waals surface area contributed by atoms with Crippen LogP contribution >= 0.6 is 0 Å². The number of aliphatic carboxylic acids is 2. The third kappa shape index (κ3) is 5.44. The SMILES string of the molecule is O=C(/C=C/c1ccc(O)c(O)c1)OC(C(=O)O)C(O)C(O)C(O)C(=O)O. The zero-order valence-corrected chi connectivity index (χ0v) is 13.0. The lowest BCUT2D eigenvalue weighted by molar-refractivity contribution is -0.182. The van der Waals surface area contributed by atoms with Crippen molar-refractivity contribution in [3.63, 3.8) is 0 Å². The number of hydrogen-bond acceptors (Lipinski definition) is 9. The first-order chi connectivity index (χ1) is 12.0. The molecule has 0 aliphatic rings. The molecule has 4 atom stereocenters. The van der Waals surface area contributed by atoms with Gasteiger partial charge in [-0.1, -0.05) is 6.07 Å². The van der Waals surface area contributed by atoms with Crippen molar-refractivity contribution in [1.82, 2.24) is 0 Å². The fourth-order valence-corrected chi connectivity index (χ4v) is 1.75. The second kappa shape index (κ2) is 8.80. The number of aliphatic hydroxyl groups excluding tert-OH is 3. The number of aliphatic hydroxyl groups is 3. The number of hydrogen-bond donors (Lipinski definition) is 7. The molecule has 0 saturated carbocycles. The molecule has 0 amide bonds. The number of carboxylic acids is 2. The van der Waals surface area contributed by atoms with Gasteiger partial charge < -0.3 is 40.5 Å². The van der Waals surface area contributed by atoms with E-state index in [0.717, 1.165) is 24.3 Å². The molecule has 11 nitrogen and oxygen atoms in total. The van der Waals surface area contributed by atoms with Gasteiger partial charge in [-0.05, 0) is 23.8 Å². The normalized spacial score (nSPS) is 15.8. The van der Waals surface area contributed by atoms with Gasteiger partial charge in [0, 0.05) is 6.08 Å². The molecule has 0 saturated heterocycles. The summed E-state index contributed by atoms with van der Waals surface area (Å²) in [5.74, 6) is -5.95. The third-order valence-corrected chi connectivity index (χ3v) is 3.13. The summed E-state index contributed by atoms with van der Waals surface area (Å²) in [6.45, 7) is 0. The molecule has 0 aliphatic heterocycles. The second-order valence-electron chi connectivity index (χ2n) is 5.04. The van der Waals surface area contributed by atoms with Crippen LogP contribution in [-0.4, -0.2) is 78.1 Å². The van der Waals surface area contributed by atoms with Crippen molar-refractivity contribution >= 4 is 24.0 Å². The average Bonchev–Trinajstić information content (AvgIpc) is 2.58. The minimum Gasteiger partial charge on any atom is -0.504 e. The van der Waals surface area contributed by atoms with Crippen molar-refractivity contribution in [2.45, 2.75) is 24.4 Å². The number of carboxylic acid groups (broad SMARTS) is 2. The van der Waals surface area contributed by atoms with Crippen molar-refractivity contribution in [2.24, 2.45) is 0 Å². The van der Waals surface area contributed by atoms with Gasteiger partial charge in [0.05, 0.1) is 0 Å². The van der Waals surface area contributed by atoms with E-state index in [1.807, 2.05) is 0 Å². The summed E-state index contributed by atoms with van der Waals surface area (Å²) in [4.78, 5) is 33.3. The van der Waals surface area contributed by atoms with Crippen LogP contribution in [0, 0.1) is 0 Å². The van der Waals surface area contributed by atoms with Crippen LogP contribution < -0.4 is 0 Å². The molecular formula is C15H16O11. The molecule has 0 aromatic heterocycles. The Bertz CT molecular complexity index is 712. The van der Waals surface area contributed by atoms with Gasteiger partial charge >= 0.3 is 17.9 Å². The summed E-state index contributed by atoms with van der Waals surface area (Å²) in [6.07, 6.45) is -7.89. The van der Waals surface area contributed by atoms with E-state index in [0.29, 0.717) is 0 Å². The Morgan fingerprint density at radius 2 is 1.54 bits per heavy atom. The first kappa shape index (κ1) is 20.9. The summed E-state index contributed by atoms with van der Waals surface area (Å²) < 4.78 is 4.45. The number of esters is 1. The first-order valence-corrected chi connectivity index (χ1v) is 6.95. The highest BCUT2D eigenvalue weighted by molar-refractivity contribution is 5.89. The zero-order valence-electron chi connectivity index (χ0n) is 13.0. The van der Waals surface area contributed by atoms with Crippen LogP contribution in [0.4, 0.5) is 0 Å². The fourth-order valence-electron chi connectivity index (χ4n) is 1.75. The molecule has 7 N–H and O–H groups in total. The van der Waals surface area contributed by atoms with Crippen molar-refractivity contribution in [3.05, 3.63) is 29.8 Å². The Balaban J connectivity index is 2.84. The maximum Gasteiger partial charge on any atom is 0.347 e. The van der Waals surface area contributed by atoms with Crippen molar-refractivity contribution < 1.29 is 54.9 Å². The first-order valence-electron chi connectivity index (χ1n) is 6.95. The largest absolute Gasteiger partial charge is 0.504 e. The summed E-state index contributed by atoms with van der Waals surface area (Å²) >= 11 is 0. The van der Waals surface area contributed by atoms with Crippen LogP contribution in [0.1, 0.15) is 5.56 Å². The Morgan fingerprint density at radius 3 is 2.04 bits per heavy atom. The van der Waals surface area contributed by atoms with Gasteiger partial charge in [0.2, 0.25) is 6.10 Å². The maximum absolute atomic E-state index is 11.7. The molecule has 0 fully saturated rings. The lowest BCUT2D eigenvalue weighted by Gasteiger charge is -2.24. The third-order valence-electron chi connectivity index (χ3n) is 3.13. The molecule has 0 bridgehead atoms. The zero-order chi connectivity index (χ0) is 20.0. The minimum absolute atomic E-state index is 0.242. The molecule has 142 valence electrons. The molecule has 1 aromatic rings. The van der Waals surface area contributed by atoms with Crippen molar-refractivity contribution in [1.29, 1.82) is 0 Å². The number of ether oxygens (including phenoxy) is 1. The van der Waals surface area contributed by atoms with Gasteiger partial charge in [-0.2, -0.15) is 0 Å². The van der Waals surface area contributed by atoms with Gasteiger partial charge in [-0.25, -0.2) is 14.4 Å². The smallest absolute Gasteiger partial charge is 0.347 e. The van der Waals surface area contributed by atoms with Gasteiger partial charge in [-0.3, -0.25) is 0 Å². The van der Waals surface area contributed by atoms with Crippen LogP contribution in [0.5, 0.6) is 11.5 Å². The van der Waals surface area contributed by atoms with E-state index < -0.39 is 53.8 Å². The van der Waals surface area contributed by atoms with Gasteiger partial charge in [0.15, 0.2) is 17.6 Å². The molecule has 4 unspecified atom stereocenters. The standard InChI is InChI=1S/C15H16O11/c16-7-3-1-6(5-8(7)17)2-4-9(18)26-13(15(24)25)11(20)10(19)12(21)14(22)23/h1-5,10-13,16-17,19-21H,(H,22,23)(H,24,25)/b4-2+. The lowest BCUT2D eigenvalue weighted by atomic mass is 10.0. The van der Waals surface area contributed by atoms with Crippen LogP contribution in [0.2, 0.25) is 0 Å². The highest BCUT2D eigenvalue weighted by atomic mass is 16.6. The maximum atomic E-state index is 11.7. The quantitative estimate of drug-likeness (QED) is 0.155. The number of benzene rings is 1. The van der Waals surface area contributed by atoms with E-state index in [9.17, 15) is 29.7 Å². The molecule has 1 aromatic carbocycles. The number of carbonyl (C=O) groups excluding carboxylic acids is 1. The van der Waals surface area contributed by atoms with E-state index in [-0.39, 0.29) is 5.56 Å². The summed E-state index contributed by atoms with van der Waals surface area (Å²) in [6, 6.07) is 3.54. The second-order valence-corrected chi connectivity index (χ2v) is 5.04. The van der Waals surface area contributed by atoms with Crippen LogP contribution in [0.3, 0.4) is 0 Å². The van der Waals surface area contributed by atoms with Crippen molar-refractivity contribution in [2.75, 3.05) is 0 Å². The number of carbonyl (C=O) groups is 3. The van der Waals surface area contributed by atoms with E-state index >= 15 is 0 Å². The summed E-state index contributed by atoms with van der Waals surface area (Å²) in [5, 5.41) is 64.2. The van der Waals surface area contributed by atoms with Crippen LogP contribution in [0.25, 0.3) is 6.08 Å². The molecular weight excluding hydrogens is 356 g/mol. The molecule has 26 heavy (non-hydrogen) atoms. The summed E-state index contributed by atoms with van der Waals surface area (Å²) in [7, 11) is 0. The Morgan fingerprint density at radius 1 is 0.923 bits per heavy atom. The average molecular weight is 372 g/mol. The Labute approximate surface area is 145 Å². The predicted molar refractivity (Wildman–Crippen MR) is 82.0 cm³/mol. The number of phenols is 2. The minimum atomic E-state index is -2.50. The monoisotopic (exact) mass is 372 g/mol. The number of rotatable bonds is 8. The number of aromatic hydroxyl groups is 2. The summed E-state index contributed by atoms with van der Waals surface area (Å²) in [5.41, 5.74) is 0.242. The van der Waals surface area contributed by atoms with Gasteiger partial charge in [0.1, 0.15) is 12.2 Å². The molecule has 0 heterocycles. The van der Waals surface area contributed by atoms with E-state index in [1.165, 1.54) is 6.07 Å². The number of phenolic OH excluding ortho intramolecular Hbond substituents is 2. The van der Waals surface area contributed by atoms with Gasteiger partial charge in [-0.15, -0.1) is 0 Å². The van der Waals surface area contributed by atoms with E-state index in [4.69, 9.17) is 20.4 Å². The van der Waals surface area contributed by atoms with E-state index in [1.54, 1.807) is 0 Å². The Hall–Kier alpha value is -3.15. The van der Waals surface area contributed by atoms with Gasteiger partial charge in [0.25, 0.3) is 0 Å². The van der Waals surface area contributed by atoms with Crippen molar-refractivity contribution in [3.8, 4) is 11.5 Å². The highest BCUT2D eigenvalue weighted by Gasteiger charge is 2.40. The lowest BCUT2D eigenvalue weighted by Crippen LogP contribution is -2.51. The molecule has 0 aliphatic carbocycles. The molecule has 0 radical (unpaired) electrons. The molecule has 11 heteroatoms. The topological polar surface area (TPSA) is 202 Å². The predicted octanol–water partition coefficient (Wildman–Crippen LogP) is -1.73. The Kier molecular flexibility index (Phi) is 7.07. The molecule has 0 spiro atoms. The molecule has 1 rings (SSSR count). The van der Waals surface area contributed by atoms with Crippen LogP contribution in [0.15, 0.2) is 24.3 Å².